The first-order valence-corrected chi connectivity index (χ1v) is 12.5. The summed E-state index contributed by atoms with van der Waals surface area (Å²) in [7, 11) is 0. The number of hydrogen-bond acceptors (Lipinski definition) is 4. The van der Waals surface area contributed by atoms with Crippen LogP contribution in [0.25, 0.3) is 0 Å². The summed E-state index contributed by atoms with van der Waals surface area (Å²) in [5.74, 6) is 2.20. The normalized spacial score (nSPS) is 26.5. The molecule has 0 aromatic heterocycles. The fraction of sp³-hybridized carbons (Fsp3) is 0.400. The minimum atomic E-state index is -1.26. The largest absolute Gasteiger partial charge is 0.485 e. The molecule has 2 aliphatic rings. The molecule has 0 spiro atoms. The van der Waals surface area contributed by atoms with Crippen molar-refractivity contribution in [2.75, 3.05) is 0 Å². The van der Waals surface area contributed by atoms with Crippen molar-refractivity contribution < 1.29 is 19.7 Å². The van der Waals surface area contributed by atoms with Crippen LogP contribution in [0.15, 0.2) is 78.9 Å². The topological polar surface area (TPSA) is 58.9 Å². The maximum atomic E-state index is 11.7. The van der Waals surface area contributed by atoms with Crippen LogP contribution in [0.2, 0.25) is 0 Å². The van der Waals surface area contributed by atoms with Gasteiger partial charge in [-0.25, -0.2) is 0 Å². The van der Waals surface area contributed by atoms with Crippen LogP contribution < -0.4 is 9.47 Å². The van der Waals surface area contributed by atoms with E-state index in [1.54, 1.807) is 0 Å². The molecule has 0 amide bonds. The van der Waals surface area contributed by atoms with Gasteiger partial charge in [0.25, 0.3) is 0 Å². The molecule has 0 heterocycles. The van der Waals surface area contributed by atoms with E-state index in [1.165, 1.54) is 12.8 Å². The van der Waals surface area contributed by atoms with Gasteiger partial charge in [0.1, 0.15) is 18.8 Å². The van der Waals surface area contributed by atoms with Crippen LogP contribution in [0.3, 0.4) is 0 Å². The van der Waals surface area contributed by atoms with Gasteiger partial charge in [0, 0.05) is 0 Å². The summed E-state index contributed by atoms with van der Waals surface area (Å²) in [4.78, 5) is 0. The van der Waals surface area contributed by atoms with Gasteiger partial charge in [0.05, 0.1) is 6.10 Å². The minimum absolute atomic E-state index is 0.400. The molecule has 4 heteroatoms. The van der Waals surface area contributed by atoms with Crippen molar-refractivity contribution in [3.05, 3.63) is 95.6 Å². The highest BCUT2D eigenvalue weighted by Crippen LogP contribution is 2.49. The van der Waals surface area contributed by atoms with E-state index in [-0.39, 0.29) is 0 Å². The average molecular weight is 459 g/mol. The Morgan fingerprint density at radius 3 is 1.97 bits per heavy atom. The third kappa shape index (κ3) is 4.98. The highest BCUT2D eigenvalue weighted by molar-refractivity contribution is 5.45. The van der Waals surface area contributed by atoms with Crippen molar-refractivity contribution in [2.45, 2.75) is 63.4 Å². The van der Waals surface area contributed by atoms with E-state index in [0.29, 0.717) is 55.0 Å². The number of rotatable bonds is 7. The van der Waals surface area contributed by atoms with Gasteiger partial charge >= 0.3 is 0 Å². The summed E-state index contributed by atoms with van der Waals surface area (Å²) in [6.45, 7) is 0.830. The van der Waals surface area contributed by atoms with Gasteiger partial charge in [-0.15, -0.1) is 0 Å². The molecular weight excluding hydrogens is 424 g/mol. The highest BCUT2D eigenvalue weighted by Gasteiger charge is 2.47. The van der Waals surface area contributed by atoms with E-state index < -0.39 is 11.7 Å². The Labute approximate surface area is 202 Å². The van der Waals surface area contributed by atoms with Crippen LogP contribution in [0.4, 0.5) is 0 Å². The first-order valence-electron chi connectivity index (χ1n) is 12.5. The second kappa shape index (κ2) is 10.2. The predicted octanol–water partition coefficient (Wildman–Crippen LogP) is 5.99. The SMILES string of the molecule is O[C@H]1C[C@H]2CCCC[C@H]2C[C@@]1(O)c1ccc(OCc2ccccc2)c(OCc2ccccc2)c1. The van der Waals surface area contributed by atoms with Crippen LogP contribution in [0, 0.1) is 11.8 Å². The van der Waals surface area contributed by atoms with Gasteiger partial charge in [-0.2, -0.15) is 0 Å². The van der Waals surface area contributed by atoms with Crippen LogP contribution >= 0.6 is 0 Å². The Morgan fingerprint density at radius 2 is 1.32 bits per heavy atom. The molecule has 0 unspecified atom stereocenters. The summed E-state index contributed by atoms with van der Waals surface area (Å²) < 4.78 is 12.3. The highest BCUT2D eigenvalue weighted by atomic mass is 16.5. The second-order valence-corrected chi connectivity index (χ2v) is 9.89. The third-order valence-electron chi connectivity index (χ3n) is 7.64. The summed E-state index contributed by atoms with van der Waals surface area (Å²) in [5, 5.41) is 22.7. The Morgan fingerprint density at radius 1 is 0.735 bits per heavy atom. The average Bonchev–Trinajstić information content (AvgIpc) is 2.88. The van der Waals surface area contributed by atoms with E-state index >= 15 is 0 Å². The second-order valence-electron chi connectivity index (χ2n) is 9.89. The molecule has 4 atom stereocenters. The lowest BCUT2D eigenvalue weighted by Gasteiger charge is -2.47. The van der Waals surface area contributed by atoms with Gasteiger partial charge in [0.2, 0.25) is 0 Å². The van der Waals surface area contributed by atoms with Crippen LogP contribution in [0.1, 0.15) is 55.2 Å². The lowest BCUT2D eigenvalue weighted by molar-refractivity contribution is -0.141. The molecule has 34 heavy (non-hydrogen) atoms. The quantitative estimate of drug-likeness (QED) is 0.456. The van der Waals surface area contributed by atoms with Crippen molar-refractivity contribution >= 4 is 0 Å². The zero-order valence-electron chi connectivity index (χ0n) is 19.6. The van der Waals surface area contributed by atoms with E-state index in [4.69, 9.17) is 9.47 Å². The number of benzene rings is 3. The maximum Gasteiger partial charge on any atom is 0.162 e. The lowest BCUT2D eigenvalue weighted by Crippen LogP contribution is -2.48. The van der Waals surface area contributed by atoms with Gasteiger partial charge in [-0.1, -0.05) is 92.4 Å². The fourth-order valence-corrected chi connectivity index (χ4v) is 5.67. The van der Waals surface area contributed by atoms with Gasteiger partial charge in [-0.05, 0) is 53.5 Å². The number of ether oxygens (including phenoxy) is 2. The summed E-state index contributed by atoms with van der Waals surface area (Å²) in [6, 6.07) is 25.7. The minimum Gasteiger partial charge on any atom is -0.485 e. The molecule has 0 aliphatic heterocycles. The maximum absolute atomic E-state index is 11.7. The van der Waals surface area contributed by atoms with E-state index in [0.717, 1.165) is 24.0 Å². The molecule has 3 aromatic carbocycles. The monoisotopic (exact) mass is 458 g/mol. The van der Waals surface area contributed by atoms with Crippen molar-refractivity contribution in [3.8, 4) is 11.5 Å². The van der Waals surface area contributed by atoms with Crippen LogP contribution in [-0.4, -0.2) is 16.3 Å². The molecule has 2 fully saturated rings. The van der Waals surface area contributed by atoms with Gasteiger partial charge < -0.3 is 19.7 Å². The Hall–Kier alpha value is -2.82. The van der Waals surface area contributed by atoms with E-state index in [1.807, 2.05) is 78.9 Å². The number of aliphatic hydroxyl groups excluding tert-OH is 1. The van der Waals surface area contributed by atoms with Crippen LogP contribution in [0.5, 0.6) is 11.5 Å². The standard InChI is InChI=1S/C30H34O4/c31-29-17-24-13-7-8-14-25(24)19-30(29,32)26-15-16-27(33-20-22-9-3-1-4-10-22)28(18-26)34-21-23-11-5-2-6-12-23/h1-6,9-12,15-16,18,24-25,29,31-32H,7-8,13-14,17,19-21H2/t24-,25+,29+,30-/m1/s1. The summed E-state index contributed by atoms with van der Waals surface area (Å²) in [5.41, 5.74) is 1.58. The van der Waals surface area contributed by atoms with Crippen LogP contribution in [-0.2, 0) is 18.8 Å². The Balaban J connectivity index is 1.41. The van der Waals surface area contributed by atoms with Crippen molar-refractivity contribution in [3.63, 3.8) is 0 Å². The van der Waals surface area contributed by atoms with Gasteiger partial charge in [0.15, 0.2) is 11.5 Å². The molecule has 2 N–H and O–H groups in total. The number of fused-ring (bicyclic) bond motifs is 1. The van der Waals surface area contributed by atoms with E-state index in [9.17, 15) is 10.2 Å². The molecule has 5 rings (SSSR count). The molecule has 0 radical (unpaired) electrons. The van der Waals surface area contributed by atoms with Crippen molar-refractivity contribution in [1.29, 1.82) is 0 Å². The molecular formula is C30H34O4. The molecule has 2 saturated carbocycles. The molecule has 0 saturated heterocycles. The molecule has 4 nitrogen and oxygen atoms in total. The molecule has 0 bridgehead atoms. The molecule has 3 aromatic rings. The number of hydrogen-bond donors (Lipinski definition) is 2. The number of aliphatic hydroxyl groups is 2. The third-order valence-corrected chi connectivity index (χ3v) is 7.64. The zero-order valence-corrected chi connectivity index (χ0v) is 19.6. The summed E-state index contributed by atoms with van der Waals surface area (Å²) >= 11 is 0. The van der Waals surface area contributed by atoms with E-state index in [2.05, 4.69) is 0 Å². The first kappa shape index (κ1) is 22.9. The Kier molecular flexibility index (Phi) is 6.89. The lowest BCUT2D eigenvalue weighted by atomic mass is 9.63. The summed E-state index contributed by atoms with van der Waals surface area (Å²) in [6.07, 6.45) is 5.23. The van der Waals surface area contributed by atoms with Crippen molar-refractivity contribution in [2.24, 2.45) is 11.8 Å². The molecule has 2 aliphatic carbocycles. The Bertz CT molecular complexity index is 1070. The molecule has 178 valence electrons. The van der Waals surface area contributed by atoms with Crippen molar-refractivity contribution in [1.82, 2.24) is 0 Å². The fourth-order valence-electron chi connectivity index (χ4n) is 5.67. The van der Waals surface area contributed by atoms with Gasteiger partial charge in [-0.3, -0.25) is 0 Å². The first-order chi connectivity index (χ1) is 16.6. The predicted molar refractivity (Wildman–Crippen MR) is 133 cm³/mol. The smallest absolute Gasteiger partial charge is 0.162 e. The zero-order chi connectivity index (χ0) is 23.4.